The van der Waals surface area contributed by atoms with Crippen molar-refractivity contribution >= 4 is 22.4 Å². The van der Waals surface area contributed by atoms with Crippen LogP contribution in [0.15, 0.2) is 18.2 Å². The number of hydrogen-bond donors (Lipinski definition) is 2. The smallest absolute Gasteiger partial charge is 0.337 e. The molecule has 1 aliphatic heterocycles. The normalized spacial score (nSPS) is 22.8. The van der Waals surface area contributed by atoms with E-state index in [0.29, 0.717) is 23.8 Å². The molecule has 1 heterocycles. The van der Waals surface area contributed by atoms with Crippen molar-refractivity contribution in [3.05, 3.63) is 29.3 Å². The monoisotopic (exact) mass is 325 g/mol. The fraction of sp³-hybridized carbons (Fsp3) is 0.562. The molecule has 0 atom stereocenters. The maximum Gasteiger partial charge on any atom is 0.337 e. The number of rotatable bonds is 3. The van der Waals surface area contributed by atoms with Crippen LogP contribution in [0.3, 0.4) is 0 Å². The van der Waals surface area contributed by atoms with Crippen LogP contribution in [0.5, 0.6) is 0 Å². The van der Waals surface area contributed by atoms with Crippen molar-refractivity contribution in [2.24, 2.45) is 0 Å². The van der Waals surface area contributed by atoms with Gasteiger partial charge in [-0.25, -0.2) is 4.79 Å². The second-order valence-electron chi connectivity index (χ2n) is 6.08. The van der Waals surface area contributed by atoms with Gasteiger partial charge in [-0.05, 0) is 48.9 Å². The molecule has 2 fully saturated rings. The Morgan fingerprint density at radius 2 is 1.95 bits per heavy atom. The Balaban J connectivity index is 2.01. The highest BCUT2D eigenvalue weighted by molar-refractivity contribution is 8.25. The van der Waals surface area contributed by atoms with Gasteiger partial charge in [-0.2, -0.15) is 0 Å². The SMILES string of the molecule is COC(=O)c1cc(C2CCCC2)cc(N2CCCS2(O)O)c1. The number of nitrogens with zero attached hydrogens (tertiary/aromatic N) is 1. The molecule has 0 radical (unpaired) electrons. The molecule has 2 N–H and O–H groups in total. The minimum Gasteiger partial charge on any atom is -0.465 e. The number of anilines is 1. The van der Waals surface area contributed by atoms with E-state index in [0.717, 1.165) is 30.5 Å². The number of esters is 1. The Kier molecular flexibility index (Phi) is 4.34. The Hall–Kier alpha value is -1.24. The fourth-order valence-electron chi connectivity index (χ4n) is 3.47. The Bertz CT molecular complexity index is 569. The molecule has 0 unspecified atom stereocenters. The van der Waals surface area contributed by atoms with E-state index >= 15 is 0 Å². The molecule has 0 spiro atoms. The number of hydrogen-bond acceptors (Lipinski definition) is 5. The van der Waals surface area contributed by atoms with Crippen LogP contribution >= 0.6 is 10.8 Å². The lowest BCUT2D eigenvalue weighted by Crippen LogP contribution is -2.22. The molecule has 122 valence electrons. The van der Waals surface area contributed by atoms with Crippen LogP contribution in [-0.2, 0) is 4.74 Å². The molecule has 1 aromatic rings. The van der Waals surface area contributed by atoms with Gasteiger partial charge in [-0.15, -0.1) is 10.8 Å². The van der Waals surface area contributed by atoms with E-state index in [2.05, 4.69) is 0 Å². The number of methoxy groups -OCH3 is 1. The summed E-state index contributed by atoms with van der Waals surface area (Å²) in [4.78, 5) is 12.0. The third-order valence-electron chi connectivity index (χ3n) is 4.61. The fourth-order valence-corrected chi connectivity index (χ4v) is 5.07. The minimum absolute atomic E-state index is 0.378. The van der Waals surface area contributed by atoms with Gasteiger partial charge in [0.15, 0.2) is 0 Å². The van der Waals surface area contributed by atoms with Gasteiger partial charge in [0.2, 0.25) is 0 Å². The summed E-state index contributed by atoms with van der Waals surface area (Å²) in [7, 11) is -1.38. The van der Waals surface area contributed by atoms with Crippen molar-refractivity contribution in [2.75, 3.05) is 23.7 Å². The molecule has 0 bridgehead atoms. The lowest BCUT2D eigenvalue weighted by molar-refractivity contribution is 0.0600. The van der Waals surface area contributed by atoms with Gasteiger partial charge in [0.05, 0.1) is 24.1 Å². The average molecular weight is 325 g/mol. The number of benzene rings is 1. The van der Waals surface area contributed by atoms with Crippen LogP contribution in [0, 0.1) is 0 Å². The standard InChI is InChI=1S/C16H23NO4S/c1-21-16(18)14-9-13(12-5-2-3-6-12)10-15(11-14)17-7-4-8-22(17,19)20/h9-12,19-20H,2-8H2,1H3. The van der Waals surface area contributed by atoms with Crippen LogP contribution in [0.1, 0.15) is 53.9 Å². The van der Waals surface area contributed by atoms with E-state index in [9.17, 15) is 13.9 Å². The zero-order chi connectivity index (χ0) is 15.7. The summed E-state index contributed by atoms with van der Waals surface area (Å²) in [6, 6.07) is 5.62. The minimum atomic E-state index is -2.75. The van der Waals surface area contributed by atoms with Crippen LogP contribution in [0.2, 0.25) is 0 Å². The highest BCUT2D eigenvalue weighted by Crippen LogP contribution is 2.51. The molecule has 1 saturated heterocycles. The first-order valence-electron chi connectivity index (χ1n) is 7.78. The summed E-state index contributed by atoms with van der Waals surface area (Å²) in [5, 5.41) is 0. The third-order valence-corrected chi connectivity index (χ3v) is 6.54. The topological polar surface area (TPSA) is 70.0 Å². The highest BCUT2D eigenvalue weighted by Gasteiger charge is 2.30. The second kappa shape index (κ2) is 6.10. The van der Waals surface area contributed by atoms with Crippen molar-refractivity contribution < 1.29 is 18.6 Å². The molecule has 22 heavy (non-hydrogen) atoms. The van der Waals surface area contributed by atoms with Gasteiger partial charge >= 0.3 is 5.97 Å². The van der Waals surface area contributed by atoms with Crippen LogP contribution in [0.25, 0.3) is 0 Å². The van der Waals surface area contributed by atoms with E-state index in [-0.39, 0.29) is 5.97 Å². The molecule has 3 rings (SSSR count). The second-order valence-corrected chi connectivity index (χ2v) is 8.19. The molecule has 1 aliphatic carbocycles. The highest BCUT2D eigenvalue weighted by atomic mass is 32.3. The molecule has 1 aromatic carbocycles. The Morgan fingerprint density at radius 3 is 2.55 bits per heavy atom. The largest absolute Gasteiger partial charge is 0.465 e. The predicted molar refractivity (Wildman–Crippen MR) is 88.7 cm³/mol. The summed E-state index contributed by atoms with van der Waals surface area (Å²) in [6.45, 7) is 0.608. The van der Waals surface area contributed by atoms with E-state index in [4.69, 9.17) is 4.74 Å². The van der Waals surface area contributed by atoms with Crippen LogP contribution < -0.4 is 4.31 Å². The van der Waals surface area contributed by atoms with Gasteiger partial charge in [-0.3, -0.25) is 13.4 Å². The summed E-state index contributed by atoms with van der Waals surface area (Å²) < 4.78 is 26.9. The zero-order valence-corrected chi connectivity index (χ0v) is 13.6. The van der Waals surface area contributed by atoms with Crippen molar-refractivity contribution in [1.82, 2.24) is 0 Å². The lowest BCUT2D eigenvalue weighted by Gasteiger charge is -2.38. The van der Waals surface area contributed by atoms with Gasteiger partial charge in [0, 0.05) is 6.54 Å². The van der Waals surface area contributed by atoms with Crippen LogP contribution in [-0.4, -0.2) is 34.5 Å². The van der Waals surface area contributed by atoms with E-state index in [1.54, 1.807) is 10.4 Å². The molecule has 2 aliphatic rings. The molecule has 5 nitrogen and oxygen atoms in total. The van der Waals surface area contributed by atoms with Crippen molar-refractivity contribution in [2.45, 2.75) is 38.0 Å². The van der Waals surface area contributed by atoms with Gasteiger partial charge in [0.1, 0.15) is 0 Å². The van der Waals surface area contributed by atoms with Crippen LogP contribution in [0.4, 0.5) is 5.69 Å². The van der Waals surface area contributed by atoms with Crippen molar-refractivity contribution in [1.29, 1.82) is 0 Å². The molecule has 0 amide bonds. The Labute approximate surface area is 132 Å². The summed E-state index contributed by atoms with van der Waals surface area (Å²) in [6.07, 6.45) is 5.42. The third kappa shape index (κ3) is 2.95. The number of ether oxygens (including phenoxy) is 1. The molecule has 0 aromatic heterocycles. The first-order valence-corrected chi connectivity index (χ1v) is 9.45. The van der Waals surface area contributed by atoms with Crippen molar-refractivity contribution in [3.8, 4) is 0 Å². The van der Waals surface area contributed by atoms with E-state index < -0.39 is 10.8 Å². The summed E-state index contributed by atoms with van der Waals surface area (Å²) >= 11 is 0. The van der Waals surface area contributed by atoms with Gasteiger partial charge in [-0.1, -0.05) is 12.8 Å². The molecular formula is C16H23NO4S. The first-order chi connectivity index (χ1) is 10.5. The molecular weight excluding hydrogens is 302 g/mol. The predicted octanol–water partition coefficient (Wildman–Crippen LogP) is 4.01. The number of carbonyl (C=O) groups is 1. The van der Waals surface area contributed by atoms with E-state index in [1.165, 1.54) is 20.0 Å². The molecule has 6 heteroatoms. The number of carbonyl (C=O) groups excluding carboxylic acids is 1. The van der Waals surface area contributed by atoms with Gasteiger partial charge < -0.3 is 4.74 Å². The first kappa shape index (κ1) is 15.6. The Morgan fingerprint density at radius 1 is 1.23 bits per heavy atom. The average Bonchev–Trinajstić information content (AvgIpc) is 3.15. The lowest BCUT2D eigenvalue weighted by atomic mass is 9.95. The van der Waals surface area contributed by atoms with Crippen molar-refractivity contribution in [3.63, 3.8) is 0 Å². The molecule has 1 saturated carbocycles. The summed E-state index contributed by atoms with van der Waals surface area (Å²) in [5.74, 6) is 0.471. The van der Waals surface area contributed by atoms with Gasteiger partial charge in [0.25, 0.3) is 0 Å². The maximum atomic E-state index is 12.0. The summed E-state index contributed by atoms with van der Waals surface area (Å²) in [5.41, 5.74) is 2.32. The quantitative estimate of drug-likeness (QED) is 0.822. The maximum absolute atomic E-state index is 12.0. The zero-order valence-electron chi connectivity index (χ0n) is 12.8. The van der Waals surface area contributed by atoms with E-state index in [1.807, 2.05) is 12.1 Å².